The van der Waals surface area contributed by atoms with E-state index < -0.39 is 39.3 Å². The van der Waals surface area contributed by atoms with E-state index in [9.17, 15) is 28.8 Å². The van der Waals surface area contributed by atoms with Crippen molar-refractivity contribution in [3.8, 4) is 0 Å². The number of aliphatic hydroxyl groups is 1. The van der Waals surface area contributed by atoms with Crippen LogP contribution in [-0.2, 0) is 0 Å². The van der Waals surface area contributed by atoms with Gasteiger partial charge in [0, 0.05) is 13.1 Å². The largest absolute Gasteiger partial charge is 0.388 e. The van der Waals surface area contributed by atoms with Gasteiger partial charge in [-0.2, -0.15) is 4.39 Å². The van der Waals surface area contributed by atoms with E-state index in [1.807, 2.05) is 0 Å². The van der Waals surface area contributed by atoms with Crippen LogP contribution >= 0.6 is 0 Å². The summed E-state index contributed by atoms with van der Waals surface area (Å²) < 4.78 is 27.2. The van der Waals surface area contributed by atoms with Crippen LogP contribution in [0.3, 0.4) is 0 Å². The molecule has 1 amide bonds. The number of nitrogens with zero attached hydrogens (tertiary/aromatic N) is 2. The fraction of sp³-hybridized carbons (Fsp3) is 0.417. The Labute approximate surface area is 112 Å². The number of carbonyl (C=O) groups is 1. The van der Waals surface area contributed by atoms with E-state index in [1.165, 1.54) is 11.8 Å². The van der Waals surface area contributed by atoms with Crippen molar-refractivity contribution in [1.29, 1.82) is 0 Å². The van der Waals surface area contributed by atoms with Crippen molar-refractivity contribution >= 4 is 11.6 Å². The van der Waals surface area contributed by atoms with Crippen LogP contribution in [-0.4, -0.2) is 39.5 Å². The molecule has 1 heterocycles. The zero-order chi connectivity index (χ0) is 15.1. The maximum absolute atomic E-state index is 13.7. The quantitative estimate of drug-likeness (QED) is 0.659. The maximum Gasteiger partial charge on any atom is 0.307 e. The topological polar surface area (TPSA) is 83.7 Å². The second-order valence-corrected chi connectivity index (χ2v) is 5.01. The molecule has 1 N–H and O–H groups in total. The van der Waals surface area contributed by atoms with Crippen LogP contribution in [0, 0.1) is 21.7 Å². The summed E-state index contributed by atoms with van der Waals surface area (Å²) in [7, 11) is 0. The summed E-state index contributed by atoms with van der Waals surface area (Å²) >= 11 is 0. The van der Waals surface area contributed by atoms with Gasteiger partial charge in [0.15, 0.2) is 0 Å². The molecule has 1 saturated heterocycles. The minimum atomic E-state index is -1.27. The van der Waals surface area contributed by atoms with Crippen molar-refractivity contribution in [3.63, 3.8) is 0 Å². The Bertz CT molecular complexity index is 589. The molecule has 1 aromatic carbocycles. The highest BCUT2D eigenvalue weighted by atomic mass is 19.1. The fourth-order valence-corrected chi connectivity index (χ4v) is 2.13. The summed E-state index contributed by atoms with van der Waals surface area (Å²) in [5.74, 6) is -3.23. The summed E-state index contributed by atoms with van der Waals surface area (Å²) in [5, 5.41) is 20.2. The molecule has 0 bridgehead atoms. The van der Waals surface area contributed by atoms with Gasteiger partial charge in [-0.15, -0.1) is 0 Å². The van der Waals surface area contributed by atoms with Crippen molar-refractivity contribution in [2.75, 3.05) is 13.1 Å². The summed E-state index contributed by atoms with van der Waals surface area (Å²) in [6.45, 7) is 1.75. The normalized spacial score (nSPS) is 22.1. The Balaban J connectivity index is 2.32. The molecule has 6 nitrogen and oxygen atoms in total. The molecule has 2 rings (SSSR count). The van der Waals surface area contributed by atoms with Gasteiger partial charge in [0.05, 0.1) is 22.2 Å². The van der Waals surface area contributed by atoms with Gasteiger partial charge >= 0.3 is 5.69 Å². The average Bonchev–Trinajstić information content (AvgIpc) is 2.71. The van der Waals surface area contributed by atoms with Gasteiger partial charge in [-0.1, -0.05) is 0 Å². The minimum Gasteiger partial charge on any atom is -0.388 e. The highest BCUT2D eigenvalue weighted by Crippen LogP contribution is 2.26. The Morgan fingerprint density at radius 1 is 1.45 bits per heavy atom. The van der Waals surface area contributed by atoms with Crippen molar-refractivity contribution in [2.45, 2.75) is 18.9 Å². The first-order valence-corrected chi connectivity index (χ1v) is 5.86. The highest BCUT2D eigenvalue weighted by Gasteiger charge is 2.35. The molecule has 20 heavy (non-hydrogen) atoms. The van der Waals surface area contributed by atoms with Crippen molar-refractivity contribution in [1.82, 2.24) is 4.90 Å². The van der Waals surface area contributed by atoms with E-state index in [-0.39, 0.29) is 13.1 Å². The molecule has 0 saturated carbocycles. The summed E-state index contributed by atoms with van der Waals surface area (Å²) in [6.07, 6.45) is 0.329. The molecule has 8 heteroatoms. The zero-order valence-corrected chi connectivity index (χ0v) is 10.6. The van der Waals surface area contributed by atoms with E-state index in [4.69, 9.17) is 0 Å². The molecular weight excluding hydrogens is 274 g/mol. The number of nitro benzene ring substituents is 1. The molecule has 1 unspecified atom stereocenters. The van der Waals surface area contributed by atoms with Crippen LogP contribution in [0.1, 0.15) is 23.7 Å². The Morgan fingerprint density at radius 2 is 2.10 bits per heavy atom. The predicted octanol–water partition coefficient (Wildman–Crippen LogP) is 1.47. The van der Waals surface area contributed by atoms with Gasteiger partial charge < -0.3 is 10.0 Å². The molecular formula is C12H12F2N2O4. The minimum absolute atomic E-state index is 0.00385. The van der Waals surface area contributed by atoms with Crippen molar-refractivity contribution < 1.29 is 23.6 Å². The van der Waals surface area contributed by atoms with Gasteiger partial charge in [0.1, 0.15) is 5.82 Å². The van der Waals surface area contributed by atoms with Gasteiger partial charge in [-0.05, 0) is 19.4 Å². The zero-order valence-electron chi connectivity index (χ0n) is 10.6. The van der Waals surface area contributed by atoms with Crippen LogP contribution in [0.4, 0.5) is 14.5 Å². The van der Waals surface area contributed by atoms with Crippen LogP contribution in [0.15, 0.2) is 12.1 Å². The number of carbonyl (C=O) groups excluding carboxylic acids is 1. The number of halogens is 2. The van der Waals surface area contributed by atoms with E-state index >= 15 is 0 Å². The first-order valence-electron chi connectivity index (χ1n) is 5.86. The molecule has 1 fully saturated rings. The lowest BCUT2D eigenvalue weighted by molar-refractivity contribution is -0.387. The van der Waals surface area contributed by atoms with Crippen LogP contribution in [0.2, 0.25) is 0 Å². The monoisotopic (exact) mass is 286 g/mol. The molecule has 1 aromatic rings. The summed E-state index contributed by atoms with van der Waals surface area (Å²) in [4.78, 5) is 22.6. The predicted molar refractivity (Wildman–Crippen MR) is 64.2 cm³/mol. The fourth-order valence-electron chi connectivity index (χ4n) is 2.13. The second-order valence-electron chi connectivity index (χ2n) is 5.01. The molecule has 0 radical (unpaired) electrons. The lowest BCUT2D eigenvalue weighted by Gasteiger charge is -2.19. The van der Waals surface area contributed by atoms with Crippen molar-refractivity contribution in [2.24, 2.45) is 0 Å². The van der Waals surface area contributed by atoms with Crippen molar-refractivity contribution in [3.05, 3.63) is 39.4 Å². The number of amides is 1. The van der Waals surface area contributed by atoms with Crippen LogP contribution < -0.4 is 0 Å². The van der Waals surface area contributed by atoms with E-state index in [1.54, 1.807) is 0 Å². The molecule has 1 aliphatic rings. The van der Waals surface area contributed by atoms with Gasteiger partial charge in [0.25, 0.3) is 5.91 Å². The van der Waals surface area contributed by atoms with Gasteiger partial charge in [-0.3, -0.25) is 14.9 Å². The Hall–Kier alpha value is -2.09. The van der Waals surface area contributed by atoms with E-state index in [0.29, 0.717) is 18.6 Å². The van der Waals surface area contributed by atoms with E-state index in [0.717, 1.165) is 0 Å². The average molecular weight is 286 g/mol. The Kier molecular flexibility index (Phi) is 3.43. The third-order valence-electron chi connectivity index (χ3n) is 3.20. The third-order valence-corrected chi connectivity index (χ3v) is 3.20. The molecule has 1 atom stereocenters. The lowest BCUT2D eigenvalue weighted by atomic mass is 10.1. The summed E-state index contributed by atoms with van der Waals surface area (Å²) in [5.41, 5.74) is -2.66. The van der Waals surface area contributed by atoms with Crippen LogP contribution in [0.25, 0.3) is 0 Å². The molecule has 0 aliphatic carbocycles. The summed E-state index contributed by atoms with van der Waals surface area (Å²) in [6, 6.07) is 0.902. The lowest BCUT2D eigenvalue weighted by Crippen LogP contribution is -2.34. The number of β-amino-alcohol motifs (C(OH)–C–C–N with tert-alkyl or cyclic N) is 1. The Morgan fingerprint density at radius 3 is 2.60 bits per heavy atom. The standard InChI is InChI=1S/C12H12F2N2O4/c1-12(18)2-3-15(6-12)11(17)7-4-9(14)10(16(19)20)5-8(7)13/h4-5,18H,2-3,6H2,1H3. The first kappa shape index (κ1) is 14.3. The number of benzene rings is 1. The number of hydrogen-bond acceptors (Lipinski definition) is 4. The molecule has 0 aromatic heterocycles. The van der Waals surface area contributed by atoms with Gasteiger partial charge in [0.2, 0.25) is 5.82 Å². The number of likely N-dealkylation sites (tertiary alicyclic amines) is 1. The number of hydrogen-bond donors (Lipinski definition) is 1. The molecule has 1 aliphatic heterocycles. The SMILES string of the molecule is CC1(O)CCN(C(=O)c2cc(F)c([N+](=O)[O-])cc2F)C1. The molecule has 0 spiro atoms. The number of rotatable bonds is 2. The van der Waals surface area contributed by atoms with Gasteiger partial charge in [-0.25, -0.2) is 4.39 Å². The smallest absolute Gasteiger partial charge is 0.307 e. The van der Waals surface area contributed by atoms with E-state index in [2.05, 4.69) is 0 Å². The third kappa shape index (κ3) is 2.60. The maximum atomic E-state index is 13.7. The highest BCUT2D eigenvalue weighted by molar-refractivity contribution is 5.95. The first-order chi connectivity index (χ1) is 9.21. The number of nitro groups is 1. The van der Waals surface area contributed by atoms with Crippen LogP contribution in [0.5, 0.6) is 0 Å². The molecule has 108 valence electrons. The second kappa shape index (κ2) is 4.78.